The van der Waals surface area contributed by atoms with E-state index in [0.717, 1.165) is 34.8 Å². The number of hydrogen-bond acceptors (Lipinski definition) is 4. The first-order chi connectivity index (χ1) is 13.3. The van der Waals surface area contributed by atoms with E-state index >= 15 is 0 Å². The molecule has 3 rings (SSSR count). The summed E-state index contributed by atoms with van der Waals surface area (Å²) in [4.78, 5) is 5.05. The van der Waals surface area contributed by atoms with Gasteiger partial charge in [0.05, 0.1) is 11.4 Å². The molecule has 0 saturated carbocycles. The number of sulfonamides is 1. The molecular weight excluding hydrogens is 414 g/mol. The first-order valence-electron chi connectivity index (χ1n) is 9.10. The topological polar surface area (TPSA) is 55.2 Å². The first-order valence-corrected chi connectivity index (χ1v) is 11.8. The number of hydrogen-bond donors (Lipinski definition) is 0. The van der Waals surface area contributed by atoms with Gasteiger partial charge >= 0.3 is 0 Å². The molecule has 0 radical (unpaired) electrons. The number of benzene rings is 1. The maximum absolute atomic E-state index is 13.0. The number of aromatic nitrogens is 2. The Labute approximate surface area is 175 Å². The second kappa shape index (κ2) is 8.37. The lowest BCUT2D eigenvalue weighted by atomic mass is 10.2. The summed E-state index contributed by atoms with van der Waals surface area (Å²) in [5.74, 6) is 0. The van der Waals surface area contributed by atoms with E-state index in [4.69, 9.17) is 16.6 Å². The summed E-state index contributed by atoms with van der Waals surface area (Å²) in [6, 6.07) is 9.27. The minimum Gasteiger partial charge on any atom is -0.345 e. The van der Waals surface area contributed by atoms with Gasteiger partial charge in [-0.15, -0.1) is 11.3 Å². The Bertz CT molecular complexity index is 1090. The molecule has 0 aliphatic carbocycles. The lowest BCUT2D eigenvalue weighted by molar-refractivity contribution is 0.459. The van der Waals surface area contributed by atoms with Gasteiger partial charge in [-0.05, 0) is 31.5 Å². The molecule has 2 heterocycles. The molecule has 2 aromatic heterocycles. The molecule has 1 aromatic carbocycles. The minimum absolute atomic E-state index is 0.336. The van der Waals surface area contributed by atoms with Crippen LogP contribution in [-0.4, -0.2) is 35.9 Å². The largest absolute Gasteiger partial charge is 0.345 e. The fourth-order valence-electron chi connectivity index (χ4n) is 2.98. The molecule has 5 nitrogen and oxygen atoms in total. The van der Waals surface area contributed by atoms with Crippen molar-refractivity contribution in [3.8, 4) is 22.0 Å². The molecular formula is C20H24ClN3O2S2. The Balaban J connectivity index is 1.98. The van der Waals surface area contributed by atoms with Gasteiger partial charge in [0, 0.05) is 42.3 Å². The van der Waals surface area contributed by atoms with Crippen molar-refractivity contribution in [2.45, 2.75) is 31.6 Å². The zero-order chi connectivity index (χ0) is 20.5. The molecule has 0 atom stereocenters. The summed E-state index contributed by atoms with van der Waals surface area (Å²) >= 11 is 7.57. The second-order valence-corrected chi connectivity index (χ2v) is 10.1. The van der Waals surface area contributed by atoms with Crippen LogP contribution in [0.1, 0.15) is 25.5 Å². The van der Waals surface area contributed by atoms with E-state index in [1.807, 2.05) is 55.1 Å². The van der Waals surface area contributed by atoms with Gasteiger partial charge < -0.3 is 4.57 Å². The molecule has 0 aliphatic heterocycles. The van der Waals surface area contributed by atoms with Crippen molar-refractivity contribution in [1.29, 1.82) is 0 Å². The fourth-order valence-corrected chi connectivity index (χ4v) is 5.52. The summed E-state index contributed by atoms with van der Waals surface area (Å²) in [5, 5.41) is 3.40. The van der Waals surface area contributed by atoms with Gasteiger partial charge in [-0.2, -0.15) is 0 Å². The summed E-state index contributed by atoms with van der Waals surface area (Å²) in [6.45, 7) is 4.39. The van der Waals surface area contributed by atoms with Crippen molar-refractivity contribution in [2.75, 3.05) is 13.6 Å². The van der Waals surface area contributed by atoms with Crippen molar-refractivity contribution in [3.63, 3.8) is 0 Å². The Morgan fingerprint density at radius 2 is 2.04 bits per heavy atom. The van der Waals surface area contributed by atoms with E-state index in [-0.39, 0.29) is 0 Å². The predicted octanol–water partition coefficient (Wildman–Crippen LogP) is 5.20. The molecule has 28 heavy (non-hydrogen) atoms. The van der Waals surface area contributed by atoms with Crippen LogP contribution in [0.15, 0.2) is 40.6 Å². The normalized spacial score (nSPS) is 12.1. The molecule has 0 fully saturated rings. The lowest BCUT2D eigenvalue weighted by Gasteiger charge is -2.16. The van der Waals surface area contributed by atoms with Crippen LogP contribution in [0, 0.1) is 6.92 Å². The zero-order valence-electron chi connectivity index (χ0n) is 16.4. The van der Waals surface area contributed by atoms with E-state index in [0.29, 0.717) is 22.2 Å². The standard InChI is InChI=1S/C20H24ClN3O2S2/c1-5-6-10-23(3)28(25,26)19-12-18(24(4)14(19)2)20-22-17(13-27-20)15-8-7-9-16(21)11-15/h7-9,11-13H,5-6,10H2,1-4H3. The smallest absolute Gasteiger partial charge is 0.244 e. The SMILES string of the molecule is CCCCN(C)S(=O)(=O)c1cc(-c2nc(-c3cccc(Cl)c3)cs2)n(C)c1C. The summed E-state index contributed by atoms with van der Waals surface area (Å²) in [7, 11) is -0.0228. The number of nitrogens with zero attached hydrogens (tertiary/aromatic N) is 3. The van der Waals surface area contributed by atoms with Crippen LogP contribution in [0.2, 0.25) is 5.02 Å². The van der Waals surface area contributed by atoms with Crippen LogP contribution >= 0.6 is 22.9 Å². The Kier molecular flexibility index (Phi) is 6.29. The Hall–Kier alpha value is -1.67. The molecule has 0 saturated heterocycles. The average Bonchev–Trinajstić information content (AvgIpc) is 3.25. The van der Waals surface area contributed by atoms with E-state index < -0.39 is 10.0 Å². The van der Waals surface area contributed by atoms with E-state index in [2.05, 4.69) is 0 Å². The fraction of sp³-hybridized carbons (Fsp3) is 0.350. The zero-order valence-corrected chi connectivity index (χ0v) is 18.8. The highest BCUT2D eigenvalue weighted by atomic mass is 35.5. The Morgan fingerprint density at radius 3 is 2.71 bits per heavy atom. The van der Waals surface area contributed by atoms with Crippen molar-refractivity contribution >= 4 is 33.0 Å². The highest BCUT2D eigenvalue weighted by Crippen LogP contribution is 2.33. The number of unbranched alkanes of at least 4 members (excludes halogenated alkanes) is 1. The summed E-state index contributed by atoms with van der Waals surface area (Å²) in [5.41, 5.74) is 3.26. The average molecular weight is 438 g/mol. The number of halogens is 1. The monoisotopic (exact) mass is 437 g/mol. The number of rotatable bonds is 7. The van der Waals surface area contributed by atoms with Crippen molar-refractivity contribution in [1.82, 2.24) is 13.9 Å². The van der Waals surface area contributed by atoms with Crippen LogP contribution in [0.25, 0.3) is 22.0 Å². The summed E-state index contributed by atoms with van der Waals surface area (Å²) < 4.78 is 29.3. The molecule has 0 spiro atoms. The third-order valence-electron chi connectivity index (χ3n) is 4.85. The maximum Gasteiger partial charge on any atom is 0.244 e. The molecule has 0 amide bonds. The lowest BCUT2D eigenvalue weighted by Crippen LogP contribution is -2.28. The van der Waals surface area contributed by atoms with Gasteiger partial charge in [0.15, 0.2) is 0 Å². The highest BCUT2D eigenvalue weighted by molar-refractivity contribution is 7.89. The maximum atomic E-state index is 13.0. The van der Waals surface area contributed by atoms with Gasteiger partial charge in [-0.25, -0.2) is 17.7 Å². The molecule has 150 valence electrons. The van der Waals surface area contributed by atoms with Crippen LogP contribution in [0.4, 0.5) is 0 Å². The van der Waals surface area contributed by atoms with Crippen LogP contribution in [-0.2, 0) is 17.1 Å². The molecule has 0 unspecified atom stereocenters. The molecule has 0 aliphatic rings. The molecule has 0 bridgehead atoms. The third-order valence-corrected chi connectivity index (χ3v) is 7.92. The second-order valence-electron chi connectivity index (χ2n) is 6.77. The predicted molar refractivity (Wildman–Crippen MR) is 116 cm³/mol. The van der Waals surface area contributed by atoms with Gasteiger partial charge in [0.1, 0.15) is 9.90 Å². The van der Waals surface area contributed by atoms with E-state index in [1.54, 1.807) is 13.1 Å². The van der Waals surface area contributed by atoms with Gasteiger partial charge in [-0.3, -0.25) is 0 Å². The Morgan fingerprint density at radius 1 is 1.29 bits per heavy atom. The third kappa shape index (κ3) is 4.03. The minimum atomic E-state index is -3.53. The molecule has 3 aromatic rings. The van der Waals surface area contributed by atoms with Crippen molar-refractivity contribution in [3.05, 3.63) is 46.4 Å². The molecule has 8 heteroatoms. The van der Waals surface area contributed by atoms with Gasteiger partial charge in [0.25, 0.3) is 0 Å². The van der Waals surface area contributed by atoms with Crippen LogP contribution in [0.3, 0.4) is 0 Å². The number of thiazole rings is 1. The highest BCUT2D eigenvalue weighted by Gasteiger charge is 2.27. The van der Waals surface area contributed by atoms with Gasteiger partial charge in [0.2, 0.25) is 10.0 Å². The van der Waals surface area contributed by atoms with Crippen LogP contribution in [0.5, 0.6) is 0 Å². The van der Waals surface area contributed by atoms with Crippen molar-refractivity contribution < 1.29 is 8.42 Å². The quantitative estimate of drug-likeness (QED) is 0.510. The summed E-state index contributed by atoms with van der Waals surface area (Å²) in [6.07, 6.45) is 1.79. The van der Waals surface area contributed by atoms with Gasteiger partial charge in [-0.1, -0.05) is 37.1 Å². The van der Waals surface area contributed by atoms with E-state index in [1.165, 1.54) is 15.6 Å². The first kappa shape index (κ1) is 21.0. The van der Waals surface area contributed by atoms with E-state index in [9.17, 15) is 8.42 Å². The van der Waals surface area contributed by atoms with Crippen LogP contribution < -0.4 is 0 Å². The van der Waals surface area contributed by atoms with Crippen molar-refractivity contribution in [2.24, 2.45) is 7.05 Å². The molecule has 0 N–H and O–H groups in total.